The fraction of sp³-hybridized carbons (Fsp3) is 0.278. The number of benzene rings is 1. The van der Waals surface area contributed by atoms with Crippen molar-refractivity contribution in [3.63, 3.8) is 0 Å². The highest BCUT2D eigenvalue weighted by molar-refractivity contribution is 5.90. The summed E-state index contributed by atoms with van der Waals surface area (Å²) in [7, 11) is 1.64. The Morgan fingerprint density at radius 3 is 2.88 bits per heavy atom. The Morgan fingerprint density at radius 1 is 1.29 bits per heavy atom. The van der Waals surface area contributed by atoms with E-state index in [4.69, 9.17) is 4.74 Å². The molecular formula is C18H20N4O2. The molecule has 1 N–H and O–H groups in total. The van der Waals surface area contributed by atoms with Gasteiger partial charge in [-0.25, -0.2) is 9.50 Å². The van der Waals surface area contributed by atoms with Crippen LogP contribution in [0.5, 0.6) is 5.75 Å². The minimum absolute atomic E-state index is 0.0403. The number of hydrogen-bond donors (Lipinski definition) is 1. The Balaban J connectivity index is 1.87. The number of fused-ring (bicyclic) bond motifs is 1. The van der Waals surface area contributed by atoms with E-state index < -0.39 is 0 Å². The van der Waals surface area contributed by atoms with Gasteiger partial charge in [-0.15, -0.1) is 0 Å². The summed E-state index contributed by atoms with van der Waals surface area (Å²) < 4.78 is 6.92. The standard InChI is InChI=1S/C18H20N4O2/c1-12(2)9-18(23)20-16-11-22-17(19-16)8-7-15(21-22)13-5-4-6-14(10-13)24-3/h4-8,10-12H,9H2,1-3H3,(H,20,23). The van der Waals surface area contributed by atoms with Gasteiger partial charge in [-0.2, -0.15) is 5.10 Å². The summed E-state index contributed by atoms with van der Waals surface area (Å²) in [5.74, 6) is 1.55. The lowest BCUT2D eigenvalue weighted by Crippen LogP contribution is -2.13. The van der Waals surface area contributed by atoms with E-state index in [0.29, 0.717) is 23.8 Å². The smallest absolute Gasteiger partial charge is 0.225 e. The third-order valence-electron chi connectivity index (χ3n) is 3.55. The van der Waals surface area contributed by atoms with E-state index in [1.807, 2.05) is 50.2 Å². The Kier molecular flexibility index (Phi) is 4.46. The molecule has 0 saturated carbocycles. The second-order valence-corrected chi connectivity index (χ2v) is 6.03. The number of amides is 1. The molecule has 0 atom stereocenters. The van der Waals surface area contributed by atoms with Gasteiger partial charge in [-0.05, 0) is 30.2 Å². The molecule has 0 saturated heterocycles. The van der Waals surface area contributed by atoms with Gasteiger partial charge in [0.2, 0.25) is 5.91 Å². The topological polar surface area (TPSA) is 68.5 Å². The van der Waals surface area contributed by atoms with Crippen LogP contribution < -0.4 is 10.1 Å². The number of ether oxygens (including phenoxy) is 1. The lowest BCUT2D eigenvalue weighted by Gasteiger charge is -2.04. The number of nitrogens with one attached hydrogen (secondary N) is 1. The summed E-state index contributed by atoms with van der Waals surface area (Å²) in [5.41, 5.74) is 2.44. The minimum Gasteiger partial charge on any atom is -0.497 e. The van der Waals surface area contributed by atoms with Crippen molar-refractivity contribution < 1.29 is 9.53 Å². The monoisotopic (exact) mass is 324 g/mol. The van der Waals surface area contributed by atoms with Crippen molar-refractivity contribution in [2.24, 2.45) is 5.92 Å². The number of carbonyl (C=O) groups excluding carboxylic acids is 1. The minimum atomic E-state index is -0.0403. The van der Waals surface area contributed by atoms with Crippen molar-refractivity contribution in [2.75, 3.05) is 12.4 Å². The quantitative estimate of drug-likeness (QED) is 0.781. The van der Waals surface area contributed by atoms with Crippen LogP contribution in [-0.2, 0) is 4.79 Å². The molecular weight excluding hydrogens is 304 g/mol. The van der Waals surface area contributed by atoms with Gasteiger partial charge in [-0.1, -0.05) is 26.0 Å². The van der Waals surface area contributed by atoms with Crippen LogP contribution >= 0.6 is 0 Å². The maximum absolute atomic E-state index is 11.9. The molecule has 3 rings (SSSR count). The van der Waals surface area contributed by atoms with Gasteiger partial charge in [0.1, 0.15) is 5.75 Å². The SMILES string of the molecule is COc1cccc(-c2ccc3nc(NC(=O)CC(C)C)cn3n2)c1. The highest BCUT2D eigenvalue weighted by Crippen LogP contribution is 2.22. The van der Waals surface area contributed by atoms with Gasteiger partial charge in [-0.3, -0.25) is 4.79 Å². The van der Waals surface area contributed by atoms with Gasteiger partial charge in [0.25, 0.3) is 0 Å². The predicted octanol–water partition coefficient (Wildman–Crippen LogP) is 3.39. The summed E-state index contributed by atoms with van der Waals surface area (Å²) in [6, 6.07) is 11.5. The normalized spacial score (nSPS) is 11.0. The number of aromatic nitrogens is 3. The predicted molar refractivity (Wildman–Crippen MR) is 93.1 cm³/mol. The van der Waals surface area contributed by atoms with Crippen LogP contribution in [0, 0.1) is 5.92 Å². The molecule has 2 aromatic heterocycles. The van der Waals surface area contributed by atoms with Crippen LogP contribution in [0.1, 0.15) is 20.3 Å². The zero-order valence-corrected chi connectivity index (χ0v) is 14.0. The molecule has 0 bridgehead atoms. The summed E-state index contributed by atoms with van der Waals surface area (Å²) in [6.45, 7) is 4.01. The molecule has 6 heteroatoms. The van der Waals surface area contributed by atoms with Crippen LogP contribution in [0.25, 0.3) is 16.9 Å². The van der Waals surface area contributed by atoms with Gasteiger partial charge in [0, 0.05) is 12.0 Å². The molecule has 6 nitrogen and oxygen atoms in total. The van der Waals surface area contributed by atoms with E-state index in [1.54, 1.807) is 17.8 Å². The number of rotatable bonds is 5. The molecule has 0 spiro atoms. The first kappa shape index (κ1) is 16.0. The Bertz CT molecular complexity index is 870. The first-order chi connectivity index (χ1) is 11.5. The maximum atomic E-state index is 11.9. The molecule has 2 heterocycles. The number of nitrogens with zero attached hydrogens (tertiary/aromatic N) is 3. The molecule has 0 radical (unpaired) electrons. The van der Waals surface area contributed by atoms with Crippen molar-refractivity contribution in [2.45, 2.75) is 20.3 Å². The molecule has 3 aromatic rings. The summed E-state index contributed by atoms with van der Waals surface area (Å²) in [6.07, 6.45) is 2.19. The molecule has 0 aliphatic heterocycles. The second-order valence-electron chi connectivity index (χ2n) is 6.03. The highest BCUT2D eigenvalue weighted by atomic mass is 16.5. The molecule has 0 aliphatic rings. The highest BCUT2D eigenvalue weighted by Gasteiger charge is 2.10. The van der Waals surface area contributed by atoms with Crippen molar-refractivity contribution in [3.05, 3.63) is 42.6 Å². The average molecular weight is 324 g/mol. The first-order valence-electron chi connectivity index (χ1n) is 7.86. The largest absolute Gasteiger partial charge is 0.497 e. The Labute approximate surface area is 140 Å². The van der Waals surface area contributed by atoms with E-state index >= 15 is 0 Å². The lowest BCUT2D eigenvalue weighted by molar-refractivity contribution is -0.116. The van der Waals surface area contributed by atoms with E-state index in [9.17, 15) is 4.79 Å². The molecule has 1 amide bonds. The number of imidazole rings is 1. The Morgan fingerprint density at radius 2 is 2.12 bits per heavy atom. The summed E-state index contributed by atoms with van der Waals surface area (Å²) >= 11 is 0. The molecule has 124 valence electrons. The van der Waals surface area contributed by atoms with Crippen molar-refractivity contribution in [3.8, 4) is 17.0 Å². The molecule has 1 aromatic carbocycles. The zero-order chi connectivity index (χ0) is 17.1. The number of hydrogen-bond acceptors (Lipinski definition) is 4. The van der Waals surface area contributed by atoms with Crippen LogP contribution in [0.2, 0.25) is 0 Å². The van der Waals surface area contributed by atoms with E-state index in [1.165, 1.54) is 0 Å². The Hall–Kier alpha value is -2.89. The van der Waals surface area contributed by atoms with Gasteiger partial charge in [0.15, 0.2) is 11.5 Å². The molecule has 0 aliphatic carbocycles. The lowest BCUT2D eigenvalue weighted by atomic mass is 10.1. The second kappa shape index (κ2) is 6.70. The first-order valence-corrected chi connectivity index (χ1v) is 7.86. The number of methoxy groups -OCH3 is 1. The third-order valence-corrected chi connectivity index (χ3v) is 3.55. The fourth-order valence-electron chi connectivity index (χ4n) is 2.44. The molecule has 0 unspecified atom stereocenters. The van der Waals surface area contributed by atoms with Gasteiger partial charge >= 0.3 is 0 Å². The molecule has 0 fully saturated rings. The number of anilines is 1. The maximum Gasteiger partial charge on any atom is 0.225 e. The zero-order valence-electron chi connectivity index (χ0n) is 14.0. The van der Waals surface area contributed by atoms with Gasteiger partial charge in [0.05, 0.1) is 19.0 Å². The van der Waals surface area contributed by atoms with Crippen molar-refractivity contribution in [1.82, 2.24) is 14.6 Å². The number of carbonyl (C=O) groups is 1. The van der Waals surface area contributed by atoms with Crippen LogP contribution in [-0.4, -0.2) is 27.6 Å². The summed E-state index contributed by atoms with van der Waals surface area (Å²) in [5, 5.41) is 7.37. The van der Waals surface area contributed by atoms with Crippen molar-refractivity contribution in [1.29, 1.82) is 0 Å². The van der Waals surface area contributed by atoms with E-state index in [-0.39, 0.29) is 5.91 Å². The third kappa shape index (κ3) is 3.53. The molecule has 24 heavy (non-hydrogen) atoms. The van der Waals surface area contributed by atoms with Gasteiger partial charge < -0.3 is 10.1 Å². The summed E-state index contributed by atoms with van der Waals surface area (Å²) in [4.78, 5) is 16.2. The van der Waals surface area contributed by atoms with Crippen LogP contribution in [0.4, 0.5) is 5.82 Å². The van der Waals surface area contributed by atoms with E-state index in [2.05, 4.69) is 15.4 Å². The van der Waals surface area contributed by atoms with Crippen LogP contribution in [0.15, 0.2) is 42.6 Å². The van der Waals surface area contributed by atoms with E-state index in [0.717, 1.165) is 17.0 Å². The van der Waals surface area contributed by atoms with Crippen LogP contribution in [0.3, 0.4) is 0 Å². The average Bonchev–Trinajstić information content (AvgIpc) is 2.95. The van der Waals surface area contributed by atoms with Crippen molar-refractivity contribution >= 4 is 17.4 Å². The fourth-order valence-corrected chi connectivity index (χ4v) is 2.44.